The van der Waals surface area contributed by atoms with Gasteiger partial charge in [-0.2, -0.15) is 0 Å². The fourth-order valence-electron chi connectivity index (χ4n) is 2.10. The molecular weight excluding hydrogens is 433 g/mol. The normalized spacial score (nSPS) is 19.9. The van der Waals surface area contributed by atoms with Crippen molar-refractivity contribution in [1.82, 2.24) is 10.2 Å². The Balaban J connectivity index is 0.00000441. The lowest BCUT2D eigenvalue weighted by molar-refractivity contribution is 0.353. The molecule has 22 heavy (non-hydrogen) atoms. The molecule has 0 unspecified atom stereocenters. The third-order valence-electron chi connectivity index (χ3n) is 3.36. The van der Waals surface area contributed by atoms with E-state index < -0.39 is 14.6 Å². The molecule has 1 aliphatic rings. The summed E-state index contributed by atoms with van der Waals surface area (Å²) < 4.78 is 23.4. The number of halogens is 1. The molecule has 1 N–H and O–H groups in total. The summed E-state index contributed by atoms with van der Waals surface area (Å²) in [6.45, 7) is 7.97. The first-order valence-corrected chi connectivity index (χ1v) is 9.91. The lowest BCUT2D eigenvalue weighted by Crippen LogP contribution is -2.57. The Morgan fingerprint density at radius 1 is 1.50 bits per heavy atom. The Hall–Kier alpha value is -0.140. The Bertz CT molecular complexity index is 513. The summed E-state index contributed by atoms with van der Waals surface area (Å²) in [5.74, 6) is 5.12. The Labute approximate surface area is 156 Å². The number of hydrogen-bond donors (Lipinski definition) is 1. The van der Waals surface area contributed by atoms with Crippen LogP contribution < -0.4 is 5.32 Å². The molecule has 0 bridgehead atoms. The quantitative estimate of drug-likeness (QED) is 0.222. The van der Waals surface area contributed by atoms with Gasteiger partial charge in [0.15, 0.2) is 15.8 Å². The average molecular weight is 459 g/mol. The summed E-state index contributed by atoms with van der Waals surface area (Å²) in [6.07, 6.45) is 5.21. The molecule has 0 atom stereocenters. The van der Waals surface area contributed by atoms with Crippen LogP contribution in [0, 0.1) is 12.3 Å². The molecule has 1 saturated heterocycles. The van der Waals surface area contributed by atoms with E-state index in [9.17, 15) is 8.42 Å². The van der Waals surface area contributed by atoms with E-state index >= 15 is 0 Å². The fourth-order valence-corrected chi connectivity index (χ4v) is 3.95. The third kappa shape index (κ3) is 6.16. The second-order valence-electron chi connectivity index (χ2n) is 5.49. The van der Waals surface area contributed by atoms with Crippen LogP contribution in [0.15, 0.2) is 4.99 Å². The van der Waals surface area contributed by atoms with Gasteiger partial charge < -0.3 is 10.2 Å². The Morgan fingerprint density at radius 2 is 2.18 bits per heavy atom. The van der Waals surface area contributed by atoms with E-state index in [-0.39, 0.29) is 29.7 Å². The predicted octanol–water partition coefficient (Wildman–Crippen LogP) is 1.45. The maximum atomic E-state index is 12.1. The zero-order valence-corrected chi connectivity index (χ0v) is 17.4. The van der Waals surface area contributed by atoms with Crippen molar-refractivity contribution >= 4 is 51.5 Å². The molecule has 0 spiro atoms. The van der Waals surface area contributed by atoms with Crippen LogP contribution >= 0.6 is 35.7 Å². The van der Waals surface area contributed by atoms with Gasteiger partial charge >= 0.3 is 0 Å². The molecule has 0 radical (unpaired) electrons. The largest absolute Gasteiger partial charge is 0.357 e. The molecule has 0 aliphatic carbocycles. The molecule has 5 nitrogen and oxygen atoms in total. The van der Waals surface area contributed by atoms with Crippen LogP contribution in [-0.4, -0.2) is 67.5 Å². The van der Waals surface area contributed by atoms with Crippen LogP contribution in [0.1, 0.15) is 20.8 Å². The van der Waals surface area contributed by atoms with Crippen LogP contribution in [0.3, 0.4) is 0 Å². The van der Waals surface area contributed by atoms with Crippen molar-refractivity contribution in [3.63, 3.8) is 0 Å². The first-order valence-electron chi connectivity index (χ1n) is 7.11. The highest BCUT2D eigenvalue weighted by molar-refractivity contribution is 14.0. The van der Waals surface area contributed by atoms with Gasteiger partial charge in [0, 0.05) is 25.4 Å². The first kappa shape index (κ1) is 21.9. The van der Waals surface area contributed by atoms with Gasteiger partial charge in [-0.1, -0.05) is 5.92 Å². The molecule has 0 aromatic heterocycles. The number of hydrogen-bond acceptors (Lipinski definition) is 4. The Kier molecular flexibility index (Phi) is 9.82. The van der Waals surface area contributed by atoms with Gasteiger partial charge in [0.25, 0.3) is 0 Å². The van der Waals surface area contributed by atoms with Gasteiger partial charge in [0.05, 0.1) is 22.8 Å². The van der Waals surface area contributed by atoms with E-state index in [2.05, 4.69) is 16.2 Å². The van der Waals surface area contributed by atoms with Crippen molar-refractivity contribution in [2.24, 2.45) is 4.99 Å². The fraction of sp³-hybridized carbons (Fsp3) is 0.786. The number of rotatable bonds is 5. The van der Waals surface area contributed by atoms with E-state index in [0.29, 0.717) is 25.4 Å². The van der Waals surface area contributed by atoms with E-state index in [1.165, 1.54) is 0 Å². The number of terminal acetylenes is 1. The van der Waals surface area contributed by atoms with Crippen molar-refractivity contribution in [2.45, 2.75) is 25.5 Å². The molecule has 0 amide bonds. The number of thioether (sulfide) groups is 1. The summed E-state index contributed by atoms with van der Waals surface area (Å²) >= 11 is 1.67. The van der Waals surface area contributed by atoms with Crippen LogP contribution in [0.4, 0.5) is 0 Å². The standard InChI is InChI=1S/C14H25N3O2S2.HI/c1-5-9-20-10-7-16-13(15-6-2)17-8-11-21(18,19)14(3,4)12-17;/h1H,6-12H2,2-4H3,(H,15,16);1H. The number of guanidine groups is 1. The van der Waals surface area contributed by atoms with Crippen molar-refractivity contribution < 1.29 is 8.42 Å². The van der Waals surface area contributed by atoms with Gasteiger partial charge in [-0.05, 0) is 20.8 Å². The molecule has 0 aromatic carbocycles. The van der Waals surface area contributed by atoms with E-state index in [1.807, 2.05) is 11.8 Å². The van der Waals surface area contributed by atoms with Crippen LogP contribution in [-0.2, 0) is 9.84 Å². The molecule has 0 saturated carbocycles. The number of sulfone groups is 1. The van der Waals surface area contributed by atoms with Crippen molar-refractivity contribution in [1.29, 1.82) is 0 Å². The lowest BCUT2D eigenvalue weighted by Gasteiger charge is -2.39. The van der Waals surface area contributed by atoms with Gasteiger partial charge in [0.1, 0.15) is 0 Å². The molecule has 1 heterocycles. The highest BCUT2D eigenvalue weighted by Crippen LogP contribution is 2.23. The highest BCUT2D eigenvalue weighted by atomic mass is 127. The summed E-state index contributed by atoms with van der Waals surface area (Å²) in [6, 6.07) is 0. The molecule has 0 aromatic rings. The van der Waals surface area contributed by atoms with Gasteiger partial charge in [-0.15, -0.1) is 42.2 Å². The van der Waals surface area contributed by atoms with Crippen molar-refractivity contribution in [3.05, 3.63) is 0 Å². The zero-order valence-electron chi connectivity index (χ0n) is 13.5. The van der Waals surface area contributed by atoms with Gasteiger partial charge in [-0.25, -0.2) is 8.42 Å². The minimum Gasteiger partial charge on any atom is -0.357 e. The number of nitrogens with zero attached hydrogens (tertiary/aromatic N) is 2. The van der Waals surface area contributed by atoms with E-state index in [4.69, 9.17) is 6.42 Å². The monoisotopic (exact) mass is 459 g/mol. The van der Waals surface area contributed by atoms with Crippen LogP contribution in [0.5, 0.6) is 0 Å². The number of nitrogens with one attached hydrogen (secondary N) is 1. The van der Waals surface area contributed by atoms with E-state index in [0.717, 1.165) is 18.3 Å². The molecule has 1 aliphatic heterocycles. The summed E-state index contributed by atoms with van der Waals surface area (Å²) in [4.78, 5) is 6.61. The van der Waals surface area contributed by atoms with Crippen LogP contribution in [0.25, 0.3) is 0 Å². The lowest BCUT2D eigenvalue weighted by atomic mass is 10.2. The second kappa shape index (κ2) is 9.88. The maximum Gasteiger partial charge on any atom is 0.194 e. The van der Waals surface area contributed by atoms with E-state index in [1.54, 1.807) is 25.6 Å². The number of aliphatic imine (C=N–C) groups is 1. The summed E-state index contributed by atoms with van der Waals surface area (Å²) in [7, 11) is -3.03. The first-order chi connectivity index (χ1) is 9.84. The molecular formula is C14H26IN3O2S2. The maximum absolute atomic E-state index is 12.1. The minimum atomic E-state index is -3.03. The molecule has 1 rings (SSSR count). The van der Waals surface area contributed by atoms with Gasteiger partial charge in [-0.3, -0.25) is 4.99 Å². The smallest absolute Gasteiger partial charge is 0.194 e. The topological polar surface area (TPSA) is 61.8 Å². The average Bonchev–Trinajstić information content (AvgIpc) is 2.40. The van der Waals surface area contributed by atoms with Crippen LogP contribution in [0.2, 0.25) is 0 Å². The highest BCUT2D eigenvalue weighted by Gasteiger charge is 2.40. The SMILES string of the molecule is C#CCSCCN=C(NCC)N1CCS(=O)(=O)C(C)(C)C1.I. The predicted molar refractivity (Wildman–Crippen MR) is 107 cm³/mol. The third-order valence-corrected chi connectivity index (χ3v) is 6.74. The van der Waals surface area contributed by atoms with Gasteiger partial charge in [0.2, 0.25) is 0 Å². The molecule has 1 fully saturated rings. The van der Waals surface area contributed by atoms with Crippen molar-refractivity contribution in [3.8, 4) is 12.3 Å². The molecule has 8 heteroatoms. The molecule has 128 valence electrons. The summed E-state index contributed by atoms with van der Waals surface area (Å²) in [5, 5.41) is 3.24. The second-order valence-corrected chi connectivity index (χ2v) is 9.34. The summed E-state index contributed by atoms with van der Waals surface area (Å²) in [5.41, 5.74) is 0. The zero-order chi connectivity index (χ0) is 15.9. The minimum absolute atomic E-state index is 0. The van der Waals surface area contributed by atoms with Crippen molar-refractivity contribution in [2.75, 3.05) is 43.4 Å². The Morgan fingerprint density at radius 3 is 2.73 bits per heavy atom.